The second kappa shape index (κ2) is 4.97. The summed E-state index contributed by atoms with van der Waals surface area (Å²) in [4.78, 5) is 19.4. The molecule has 0 aliphatic heterocycles. The van der Waals surface area contributed by atoms with Crippen molar-refractivity contribution in [3.8, 4) is 0 Å². The second-order valence-corrected chi connectivity index (χ2v) is 6.18. The van der Waals surface area contributed by atoms with Crippen LogP contribution in [0, 0.1) is 0 Å². The van der Waals surface area contributed by atoms with Crippen molar-refractivity contribution in [2.24, 2.45) is 7.05 Å². The van der Waals surface area contributed by atoms with Crippen LogP contribution in [0.1, 0.15) is 26.5 Å². The molecular formula is C14H19N7O. The van der Waals surface area contributed by atoms with Crippen LogP contribution in [0.2, 0.25) is 0 Å². The second-order valence-electron chi connectivity index (χ2n) is 6.18. The zero-order chi connectivity index (χ0) is 15.9. The van der Waals surface area contributed by atoms with E-state index in [4.69, 9.17) is 0 Å². The Kier molecular flexibility index (Phi) is 3.23. The van der Waals surface area contributed by atoms with Gasteiger partial charge in [-0.05, 0) is 26.8 Å². The molecule has 0 unspecified atom stereocenters. The SMILES string of the molecule is Cn1nccc1CNc1nc2c(cnn2C(C)(C)C)c(=O)[nH]1. The minimum Gasteiger partial charge on any atom is -0.350 e. The molecule has 3 heterocycles. The van der Waals surface area contributed by atoms with Crippen molar-refractivity contribution in [1.82, 2.24) is 29.5 Å². The molecule has 0 aliphatic carbocycles. The van der Waals surface area contributed by atoms with Crippen LogP contribution in [0.25, 0.3) is 11.0 Å². The van der Waals surface area contributed by atoms with Gasteiger partial charge in [0.2, 0.25) is 5.95 Å². The first kappa shape index (κ1) is 14.3. The average molecular weight is 301 g/mol. The van der Waals surface area contributed by atoms with Crippen LogP contribution in [-0.2, 0) is 19.1 Å². The van der Waals surface area contributed by atoms with E-state index in [0.29, 0.717) is 23.5 Å². The fraction of sp³-hybridized carbons (Fsp3) is 0.429. The number of aromatic amines is 1. The third-order valence-electron chi connectivity index (χ3n) is 3.43. The van der Waals surface area contributed by atoms with Gasteiger partial charge in [0.05, 0.1) is 24.0 Å². The first-order valence-corrected chi connectivity index (χ1v) is 7.05. The summed E-state index contributed by atoms with van der Waals surface area (Å²) in [6.07, 6.45) is 3.28. The summed E-state index contributed by atoms with van der Waals surface area (Å²) in [7, 11) is 1.87. The minimum absolute atomic E-state index is 0.201. The van der Waals surface area contributed by atoms with Gasteiger partial charge in [0, 0.05) is 13.2 Å². The number of nitrogens with zero attached hydrogens (tertiary/aromatic N) is 5. The molecular weight excluding hydrogens is 282 g/mol. The fourth-order valence-corrected chi connectivity index (χ4v) is 2.24. The van der Waals surface area contributed by atoms with Gasteiger partial charge in [-0.25, -0.2) is 4.68 Å². The maximum atomic E-state index is 12.2. The Hall–Kier alpha value is -2.64. The molecule has 116 valence electrons. The van der Waals surface area contributed by atoms with E-state index in [9.17, 15) is 4.79 Å². The van der Waals surface area contributed by atoms with E-state index >= 15 is 0 Å². The highest BCUT2D eigenvalue weighted by molar-refractivity contribution is 5.74. The van der Waals surface area contributed by atoms with Gasteiger partial charge < -0.3 is 5.32 Å². The molecule has 0 atom stereocenters. The molecule has 0 spiro atoms. The molecule has 0 radical (unpaired) electrons. The molecule has 0 fully saturated rings. The van der Waals surface area contributed by atoms with Gasteiger partial charge in [0.1, 0.15) is 5.39 Å². The predicted molar refractivity (Wildman–Crippen MR) is 83.7 cm³/mol. The van der Waals surface area contributed by atoms with Crippen molar-refractivity contribution >= 4 is 17.0 Å². The van der Waals surface area contributed by atoms with E-state index < -0.39 is 0 Å². The van der Waals surface area contributed by atoms with Crippen LogP contribution in [0.4, 0.5) is 5.95 Å². The number of hydrogen-bond acceptors (Lipinski definition) is 5. The number of H-pyrrole nitrogens is 1. The van der Waals surface area contributed by atoms with Crippen molar-refractivity contribution in [3.63, 3.8) is 0 Å². The molecule has 8 heteroatoms. The van der Waals surface area contributed by atoms with Crippen molar-refractivity contribution in [2.75, 3.05) is 5.32 Å². The predicted octanol–water partition coefficient (Wildman–Crippen LogP) is 1.22. The molecule has 0 bridgehead atoms. The maximum Gasteiger partial charge on any atom is 0.263 e. The molecule has 3 aromatic heterocycles. The monoisotopic (exact) mass is 301 g/mol. The first-order chi connectivity index (χ1) is 10.4. The van der Waals surface area contributed by atoms with Crippen LogP contribution in [0.3, 0.4) is 0 Å². The van der Waals surface area contributed by atoms with Crippen molar-refractivity contribution < 1.29 is 0 Å². The highest BCUT2D eigenvalue weighted by Crippen LogP contribution is 2.18. The standard InChI is InChI=1S/C14H19N7O/c1-14(2,3)21-11-10(8-17-21)12(22)19-13(18-11)15-7-9-5-6-16-20(9)4/h5-6,8H,7H2,1-4H3,(H2,15,18,19,22). The summed E-state index contributed by atoms with van der Waals surface area (Å²) in [5.41, 5.74) is 1.12. The lowest BCUT2D eigenvalue weighted by Crippen LogP contribution is -2.24. The van der Waals surface area contributed by atoms with E-state index in [1.165, 1.54) is 0 Å². The van der Waals surface area contributed by atoms with Crippen LogP contribution in [-0.4, -0.2) is 29.5 Å². The number of aryl methyl sites for hydroxylation is 1. The highest BCUT2D eigenvalue weighted by Gasteiger charge is 2.19. The lowest BCUT2D eigenvalue weighted by atomic mass is 10.1. The Bertz CT molecular complexity index is 865. The summed E-state index contributed by atoms with van der Waals surface area (Å²) in [6.45, 7) is 6.58. The van der Waals surface area contributed by atoms with Gasteiger partial charge in [0.15, 0.2) is 5.65 Å². The quantitative estimate of drug-likeness (QED) is 0.758. The van der Waals surface area contributed by atoms with Gasteiger partial charge in [-0.15, -0.1) is 0 Å². The Morgan fingerprint density at radius 1 is 1.32 bits per heavy atom. The van der Waals surface area contributed by atoms with Gasteiger partial charge in [0.25, 0.3) is 5.56 Å². The molecule has 3 aromatic rings. The Labute approximate surface area is 127 Å². The third kappa shape index (κ3) is 2.47. The number of aromatic nitrogens is 6. The highest BCUT2D eigenvalue weighted by atomic mass is 16.1. The van der Waals surface area contributed by atoms with Crippen LogP contribution in [0.5, 0.6) is 0 Å². The smallest absolute Gasteiger partial charge is 0.263 e. The molecule has 0 aliphatic rings. The Morgan fingerprint density at radius 3 is 2.73 bits per heavy atom. The van der Waals surface area contributed by atoms with Gasteiger partial charge in [-0.2, -0.15) is 15.2 Å². The van der Waals surface area contributed by atoms with Crippen molar-refractivity contribution in [1.29, 1.82) is 0 Å². The normalized spacial score (nSPS) is 12.0. The molecule has 0 amide bonds. The first-order valence-electron chi connectivity index (χ1n) is 7.05. The van der Waals surface area contributed by atoms with E-state index in [1.54, 1.807) is 21.8 Å². The van der Waals surface area contributed by atoms with Gasteiger partial charge in [-0.3, -0.25) is 14.5 Å². The van der Waals surface area contributed by atoms with Crippen molar-refractivity contribution in [3.05, 3.63) is 34.5 Å². The van der Waals surface area contributed by atoms with Crippen LogP contribution >= 0.6 is 0 Å². The molecule has 0 saturated heterocycles. The maximum absolute atomic E-state index is 12.2. The molecule has 3 rings (SSSR count). The van der Waals surface area contributed by atoms with Crippen LogP contribution < -0.4 is 10.9 Å². The summed E-state index contributed by atoms with van der Waals surface area (Å²) in [5.74, 6) is 0.421. The van der Waals surface area contributed by atoms with Gasteiger partial charge >= 0.3 is 0 Å². The molecule has 22 heavy (non-hydrogen) atoms. The van der Waals surface area contributed by atoms with E-state index in [-0.39, 0.29) is 11.1 Å². The summed E-state index contributed by atoms with van der Waals surface area (Å²) < 4.78 is 3.52. The van der Waals surface area contributed by atoms with Gasteiger partial charge in [-0.1, -0.05) is 0 Å². The largest absolute Gasteiger partial charge is 0.350 e. The lowest BCUT2D eigenvalue weighted by molar-refractivity contribution is 0.366. The van der Waals surface area contributed by atoms with E-state index in [0.717, 1.165) is 5.69 Å². The molecule has 8 nitrogen and oxygen atoms in total. The Morgan fingerprint density at radius 2 is 2.09 bits per heavy atom. The lowest BCUT2D eigenvalue weighted by Gasteiger charge is -2.19. The average Bonchev–Trinajstić information content (AvgIpc) is 3.02. The van der Waals surface area contributed by atoms with Crippen LogP contribution in [0.15, 0.2) is 23.3 Å². The third-order valence-corrected chi connectivity index (χ3v) is 3.43. The number of nitrogens with one attached hydrogen (secondary N) is 2. The topological polar surface area (TPSA) is 93.4 Å². The summed E-state index contributed by atoms with van der Waals surface area (Å²) in [6, 6.07) is 1.91. The molecule has 0 aromatic carbocycles. The van der Waals surface area contributed by atoms with E-state index in [1.807, 2.05) is 33.9 Å². The van der Waals surface area contributed by atoms with E-state index in [2.05, 4.69) is 25.5 Å². The zero-order valence-corrected chi connectivity index (χ0v) is 13.1. The Balaban J connectivity index is 1.97. The molecule has 2 N–H and O–H groups in total. The molecule has 0 saturated carbocycles. The fourth-order valence-electron chi connectivity index (χ4n) is 2.24. The zero-order valence-electron chi connectivity index (χ0n) is 13.1. The number of fused-ring (bicyclic) bond motifs is 1. The van der Waals surface area contributed by atoms with Crippen molar-refractivity contribution in [2.45, 2.75) is 32.9 Å². The number of rotatable bonds is 3. The summed E-state index contributed by atoms with van der Waals surface area (Å²) in [5, 5.41) is 12.0. The number of hydrogen-bond donors (Lipinski definition) is 2. The summed E-state index contributed by atoms with van der Waals surface area (Å²) >= 11 is 0. The minimum atomic E-state index is -0.248. The number of anilines is 1.